The highest BCUT2D eigenvalue weighted by Gasteiger charge is 2.56. The highest BCUT2D eigenvalue weighted by molar-refractivity contribution is 7.09. The summed E-state index contributed by atoms with van der Waals surface area (Å²) in [5.74, 6) is 0.252. The van der Waals surface area contributed by atoms with Gasteiger partial charge in [0.1, 0.15) is 5.01 Å². The Bertz CT molecular complexity index is 509. The van der Waals surface area contributed by atoms with Crippen molar-refractivity contribution in [1.82, 2.24) is 20.1 Å². The quantitative estimate of drug-likeness (QED) is 0.827. The summed E-state index contributed by atoms with van der Waals surface area (Å²) in [5.41, 5.74) is 0.450. The molecule has 128 valence electrons. The van der Waals surface area contributed by atoms with Gasteiger partial charge in [0.15, 0.2) is 0 Å². The monoisotopic (exact) mass is 336 g/mol. The number of carbonyl (C=O) groups is 1. The minimum atomic E-state index is 0.252. The number of hydrogen-bond donors (Lipinski definition) is 1. The lowest BCUT2D eigenvalue weighted by Gasteiger charge is -2.30. The highest BCUT2D eigenvalue weighted by Crippen LogP contribution is 2.56. The van der Waals surface area contributed by atoms with Crippen LogP contribution in [0, 0.1) is 5.41 Å². The van der Waals surface area contributed by atoms with Crippen LogP contribution in [-0.4, -0.2) is 59.5 Å². The van der Waals surface area contributed by atoms with Crippen LogP contribution in [0.2, 0.25) is 0 Å². The van der Waals surface area contributed by atoms with E-state index in [1.54, 1.807) is 11.3 Å². The Morgan fingerprint density at radius 3 is 2.74 bits per heavy atom. The van der Waals surface area contributed by atoms with Crippen LogP contribution >= 0.6 is 11.3 Å². The molecule has 1 aromatic rings. The summed E-state index contributed by atoms with van der Waals surface area (Å²) in [6, 6.07) is 0.549. The molecule has 1 atom stereocenters. The second-order valence-corrected chi connectivity index (χ2v) is 7.71. The van der Waals surface area contributed by atoms with Gasteiger partial charge in [0.2, 0.25) is 5.91 Å². The molecular weight excluding hydrogens is 308 g/mol. The number of thiazole rings is 1. The predicted molar refractivity (Wildman–Crippen MR) is 93.4 cm³/mol. The first-order valence-corrected chi connectivity index (χ1v) is 9.67. The zero-order chi connectivity index (χ0) is 16.3. The lowest BCUT2D eigenvalue weighted by Crippen LogP contribution is -2.43. The number of aromatic nitrogens is 1. The largest absolute Gasteiger partial charge is 0.342 e. The molecule has 1 spiro atoms. The van der Waals surface area contributed by atoms with Gasteiger partial charge >= 0.3 is 0 Å². The van der Waals surface area contributed by atoms with Crippen LogP contribution < -0.4 is 5.32 Å². The molecule has 1 aliphatic heterocycles. The lowest BCUT2D eigenvalue weighted by atomic mass is 9.93. The van der Waals surface area contributed by atoms with Crippen LogP contribution in [0.4, 0.5) is 0 Å². The van der Waals surface area contributed by atoms with E-state index in [0.29, 0.717) is 18.0 Å². The smallest absolute Gasteiger partial charge is 0.236 e. The van der Waals surface area contributed by atoms with E-state index in [0.717, 1.165) is 37.7 Å². The van der Waals surface area contributed by atoms with Crippen LogP contribution in [0.25, 0.3) is 0 Å². The fourth-order valence-corrected chi connectivity index (χ4v) is 4.58. The van der Waals surface area contributed by atoms with Crippen molar-refractivity contribution in [3.05, 3.63) is 16.6 Å². The Labute approximate surface area is 143 Å². The molecule has 1 unspecified atom stereocenters. The topological polar surface area (TPSA) is 48.5 Å². The first-order chi connectivity index (χ1) is 11.2. The summed E-state index contributed by atoms with van der Waals surface area (Å²) in [7, 11) is 0. The third-order valence-electron chi connectivity index (χ3n) is 5.46. The van der Waals surface area contributed by atoms with Gasteiger partial charge in [0.25, 0.3) is 0 Å². The molecule has 1 aliphatic carbocycles. The maximum absolute atomic E-state index is 12.6. The Morgan fingerprint density at radius 2 is 2.13 bits per heavy atom. The summed E-state index contributed by atoms with van der Waals surface area (Å²) in [6.45, 7) is 9.26. The number of hydrogen-bond acceptors (Lipinski definition) is 5. The Morgan fingerprint density at radius 1 is 1.39 bits per heavy atom. The molecule has 1 saturated carbocycles. The molecule has 3 rings (SSSR count). The summed E-state index contributed by atoms with van der Waals surface area (Å²) < 4.78 is 0. The van der Waals surface area contributed by atoms with E-state index in [1.807, 2.05) is 16.5 Å². The Kier molecular flexibility index (Phi) is 5.34. The molecule has 2 aliphatic rings. The summed E-state index contributed by atoms with van der Waals surface area (Å²) >= 11 is 1.69. The number of nitrogens with zero attached hydrogens (tertiary/aromatic N) is 3. The van der Waals surface area contributed by atoms with Crippen molar-refractivity contribution in [2.45, 2.75) is 45.7 Å². The standard InChI is InChI=1S/C17H28N4OS/c1-3-20(4-2)16(22)13-21(12-15-19-9-10-23-15)14-11-17(14)5-7-18-8-6-17/h9-10,14,18H,3-8,11-13H2,1-2H3. The van der Waals surface area contributed by atoms with E-state index in [-0.39, 0.29) is 5.91 Å². The van der Waals surface area contributed by atoms with Crippen LogP contribution in [0.1, 0.15) is 38.1 Å². The van der Waals surface area contributed by atoms with Crippen LogP contribution in [0.5, 0.6) is 0 Å². The minimum Gasteiger partial charge on any atom is -0.342 e. The van der Waals surface area contributed by atoms with E-state index in [4.69, 9.17) is 0 Å². The fraction of sp³-hybridized carbons (Fsp3) is 0.765. The summed E-state index contributed by atoms with van der Waals surface area (Å²) in [4.78, 5) is 21.4. The number of rotatable bonds is 7. The van der Waals surface area contributed by atoms with Crippen LogP contribution in [0.3, 0.4) is 0 Å². The van der Waals surface area contributed by atoms with Gasteiger partial charge in [0, 0.05) is 30.7 Å². The summed E-state index contributed by atoms with van der Waals surface area (Å²) in [5, 5.41) is 6.60. The number of likely N-dealkylation sites (N-methyl/N-ethyl adjacent to an activating group) is 1. The molecule has 2 fully saturated rings. The molecule has 0 radical (unpaired) electrons. The molecule has 23 heavy (non-hydrogen) atoms. The molecule has 1 saturated heterocycles. The van der Waals surface area contributed by atoms with Crippen molar-refractivity contribution in [2.24, 2.45) is 5.41 Å². The van der Waals surface area contributed by atoms with E-state index in [2.05, 4.69) is 29.0 Å². The fourth-order valence-electron chi connectivity index (χ4n) is 3.94. The van der Waals surface area contributed by atoms with Gasteiger partial charge < -0.3 is 10.2 Å². The predicted octanol–water partition coefficient (Wildman–Crippen LogP) is 1.96. The van der Waals surface area contributed by atoms with Crippen molar-refractivity contribution < 1.29 is 4.79 Å². The molecule has 6 heteroatoms. The molecular formula is C17H28N4OS. The maximum Gasteiger partial charge on any atom is 0.236 e. The Hall–Kier alpha value is -0.980. The zero-order valence-corrected chi connectivity index (χ0v) is 15.1. The zero-order valence-electron chi connectivity index (χ0n) is 14.3. The van der Waals surface area contributed by atoms with Crippen LogP contribution in [-0.2, 0) is 11.3 Å². The number of amides is 1. The number of nitrogens with one attached hydrogen (secondary N) is 1. The average Bonchev–Trinajstić information content (AvgIpc) is 2.99. The summed E-state index contributed by atoms with van der Waals surface area (Å²) in [6.07, 6.45) is 5.58. The molecule has 1 amide bonds. The van der Waals surface area contributed by atoms with Crippen molar-refractivity contribution >= 4 is 17.2 Å². The first-order valence-electron chi connectivity index (χ1n) is 8.79. The van der Waals surface area contributed by atoms with E-state index in [1.165, 1.54) is 19.3 Å². The van der Waals surface area contributed by atoms with E-state index >= 15 is 0 Å². The second kappa shape index (κ2) is 7.28. The van der Waals surface area contributed by atoms with E-state index < -0.39 is 0 Å². The Balaban J connectivity index is 1.68. The minimum absolute atomic E-state index is 0.252. The average molecular weight is 337 g/mol. The van der Waals surface area contributed by atoms with Crippen molar-refractivity contribution in [3.8, 4) is 0 Å². The molecule has 2 heterocycles. The lowest BCUT2D eigenvalue weighted by molar-refractivity contribution is -0.132. The van der Waals surface area contributed by atoms with Gasteiger partial charge in [-0.15, -0.1) is 11.3 Å². The SMILES string of the molecule is CCN(CC)C(=O)CN(Cc1nccs1)C1CC12CCNCC2. The maximum atomic E-state index is 12.6. The second-order valence-electron chi connectivity index (χ2n) is 6.73. The van der Waals surface area contributed by atoms with Gasteiger partial charge in [-0.2, -0.15) is 0 Å². The van der Waals surface area contributed by atoms with Gasteiger partial charge in [-0.3, -0.25) is 9.69 Å². The molecule has 5 nitrogen and oxygen atoms in total. The molecule has 1 aromatic heterocycles. The third kappa shape index (κ3) is 3.75. The van der Waals surface area contributed by atoms with Gasteiger partial charge in [-0.25, -0.2) is 4.98 Å². The number of piperidine rings is 1. The molecule has 0 aromatic carbocycles. The van der Waals surface area contributed by atoms with Gasteiger partial charge in [0.05, 0.1) is 13.1 Å². The van der Waals surface area contributed by atoms with Gasteiger partial charge in [-0.05, 0) is 51.6 Å². The molecule has 1 N–H and O–H groups in total. The van der Waals surface area contributed by atoms with Gasteiger partial charge in [-0.1, -0.05) is 0 Å². The van der Waals surface area contributed by atoms with Crippen molar-refractivity contribution in [3.63, 3.8) is 0 Å². The van der Waals surface area contributed by atoms with Crippen molar-refractivity contribution in [2.75, 3.05) is 32.7 Å². The molecule has 0 bridgehead atoms. The third-order valence-corrected chi connectivity index (χ3v) is 6.23. The van der Waals surface area contributed by atoms with Crippen LogP contribution in [0.15, 0.2) is 11.6 Å². The van der Waals surface area contributed by atoms with Crippen molar-refractivity contribution in [1.29, 1.82) is 0 Å². The van der Waals surface area contributed by atoms with E-state index in [9.17, 15) is 4.79 Å². The first kappa shape index (κ1) is 16.9. The number of carbonyl (C=O) groups excluding carboxylic acids is 1. The highest BCUT2D eigenvalue weighted by atomic mass is 32.1. The normalized spacial score (nSPS) is 22.5.